The summed E-state index contributed by atoms with van der Waals surface area (Å²) in [4.78, 5) is 14.7. The predicted octanol–water partition coefficient (Wildman–Crippen LogP) is 5.47. The summed E-state index contributed by atoms with van der Waals surface area (Å²) >= 11 is 18.5. The summed E-state index contributed by atoms with van der Waals surface area (Å²) in [5.74, 6) is 0.469. The molecule has 0 bridgehead atoms. The lowest BCUT2D eigenvalue weighted by Gasteiger charge is -2.32. The van der Waals surface area contributed by atoms with Crippen LogP contribution in [-0.2, 0) is 17.7 Å². The van der Waals surface area contributed by atoms with Crippen molar-refractivity contribution in [2.24, 2.45) is 5.92 Å². The second-order valence-electron chi connectivity index (χ2n) is 7.81. The Labute approximate surface area is 201 Å². The van der Waals surface area contributed by atoms with E-state index in [0.717, 1.165) is 24.8 Å². The van der Waals surface area contributed by atoms with Crippen LogP contribution in [0.5, 0.6) is 0 Å². The quantitative estimate of drug-likeness (QED) is 0.454. The molecule has 0 spiro atoms. The highest BCUT2D eigenvalue weighted by atomic mass is 35.5. The number of ether oxygens (including phenoxy) is 1. The molecule has 0 radical (unpaired) electrons. The Balaban J connectivity index is 1.36. The van der Waals surface area contributed by atoms with Gasteiger partial charge in [0.25, 0.3) is 0 Å². The second kappa shape index (κ2) is 10.5. The van der Waals surface area contributed by atoms with Crippen molar-refractivity contribution in [1.29, 1.82) is 0 Å². The molecule has 0 N–H and O–H groups in total. The summed E-state index contributed by atoms with van der Waals surface area (Å²) < 4.78 is 7.39. The van der Waals surface area contributed by atoms with Gasteiger partial charge in [-0.3, -0.25) is 0 Å². The highest BCUT2D eigenvalue weighted by Crippen LogP contribution is 2.30. The highest BCUT2D eigenvalue weighted by molar-refractivity contribution is 6.42. The number of rotatable bonds is 6. The van der Waals surface area contributed by atoms with E-state index in [1.165, 1.54) is 11.0 Å². The Kier molecular flexibility index (Phi) is 7.50. The molecule has 3 aromatic rings. The number of carbonyl (C=O) groups excluding carboxylic acids is 1. The van der Waals surface area contributed by atoms with Crippen molar-refractivity contribution in [1.82, 2.24) is 25.1 Å². The van der Waals surface area contributed by atoms with E-state index in [1.54, 1.807) is 11.0 Å². The average Bonchev–Trinajstić information content (AvgIpc) is 3.30. The lowest BCUT2D eigenvalue weighted by Crippen LogP contribution is -2.40. The maximum Gasteiger partial charge on any atom is 0.410 e. The molecule has 10 heteroatoms. The molecule has 1 atom stereocenters. The molecule has 1 aromatic heterocycles. The van der Waals surface area contributed by atoms with Crippen LogP contribution in [0.3, 0.4) is 0 Å². The zero-order chi connectivity index (χ0) is 22.5. The lowest BCUT2D eigenvalue weighted by atomic mass is 9.90. The number of amides is 1. The standard InChI is InChI=1S/C22H22Cl3N5O2/c23-18-4-2-1-3-17(18)21(13-30-14-26-27-28-30)32-22(31)29-9-7-15(8-10-29)11-16-5-6-19(24)20(25)12-16/h1-6,12,14-15,21H,7-11,13H2. The fraction of sp³-hybridized carbons (Fsp3) is 0.364. The first-order valence-electron chi connectivity index (χ1n) is 10.3. The second-order valence-corrected chi connectivity index (χ2v) is 9.03. The fourth-order valence-corrected chi connectivity index (χ4v) is 4.46. The van der Waals surface area contributed by atoms with E-state index in [0.29, 0.717) is 39.6 Å². The van der Waals surface area contributed by atoms with Crippen LogP contribution < -0.4 is 0 Å². The largest absolute Gasteiger partial charge is 0.439 e. The van der Waals surface area contributed by atoms with E-state index < -0.39 is 6.10 Å². The van der Waals surface area contributed by atoms with Gasteiger partial charge in [-0.15, -0.1) is 5.10 Å². The minimum atomic E-state index is -0.603. The van der Waals surface area contributed by atoms with E-state index in [4.69, 9.17) is 39.5 Å². The third-order valence-corrected chi connectivity index (χ3v) is 6.70. The van der Waals surface area contributed by atoms with Gasteiger partial charge in [0.15, 0.2) is 0 Å². The number of carbonyl (C=O) groups is 1. The third kappa shape index (κ3) is 5.71. The highest BCUT2D eigenvalue weighted by Gasteiger charge is 2.28. The molecule has 1 aliphatic heterocycles. The Bertz CT molecular complexity index is 1060. The molecule has 1 amide bonds. The van der Waals surface area contributed by atoms with Crippen LogP contribution in [-0.4, -0.2) is 44.3 Å². The number of tetrazole rings is 1. The Morgan fingerprint density at radius 2 is 1.84 bits per heavy atom. The molecule has 1 fully saturated rings. The summed E-state index contributed by atoms with van der Waals surface area (Å²) in [5, 5.41) is 12.8. The zero-order valence-electron chi connectivity index (χ0n) is 17.2. The molecule has 1 unspecified atom stereocenters. The van der Waals surface area contributed by atoms with E-state index in [2.05, 4.69) is 15.5 Å². The maximum absolute atomic E-state index is 12.9. The first-order chi connectivity index (χ1) is 15.5. The van der Waals surface area contributed by atoms with Crippen LogP contribution in [0.15, 0.2) is 48.8 Å². The van der Waals surface area contributed by atoms with Gasteiger partial charge in [-0.1, -0.05) is 59.1 Å². The first-order valence-corrected chi connectivity index (χ1v) is 11.5. The van der Waals surface area contributed by atoms with Crippen LogP contribution in [0.2, 0.25) is 15.1 Å². The van der Waals surface area contributed by atoms with E-state index in [-0.39, 0.29) is 12.6 Å². The molecule has 32 heavy (non-hydrogen) atoms. The van der Waals surface area contributed by atoms with Crippen molar-refractivity contribution in [3.8, 4) is 0 Å². The van der Waals surface area contributed by atoms with Gasteiger partial charge in [0, 0.05) is 23.7 Å². The summed E-state index contributed by atoms with van der Waals surface area (Å²) in [5.41, 5.74) is 1.87. The van der Waals surface area contributed by atoms with Crippen molar-refractivity contribution in [3.05, 3.63) is 75.0 Å². The predicted molar refractivity (Wildman–Crippen MR) is 123 cm³/mol. The Hall–Kier alpha value is -2.35. The van der Waals surface area contributed by atoms with Gasteiger partial charge in [-0.25, -0.2) is 9.48 Å². The zero-order valence-corrected chi connectivity index (χ0v) is 19.5. The third-order valence-electron chi connectivity index (χ3n) is 5.62. The number of piperidine rings is 1. The maximum atomic E-state index is 12.9. The first kappa shape index (κ1) is 22.8. The van der Waals surface area contributed by atoms with E-state index >= 15 is 0 Å². The smallest absolute Gasteiger partial charge is 0.410 e. The van der Waals surface area contributed by atoms with Crippen LogP contribution >= 0.6 is 34.8 Å². The fourth-order valence-electron chi connectivity index (χ4n) is 3.88. The van der Waals surface area contributed by atoms with Gasteiger partial charge in [0.1, 0.15) is 12.4 Å². The molecule has 7 nitrogen and oxygen atoms in total. The summed E-state index contributed by atoms with van der Waals surface area (Å²) in [6, 6.07) is 13.0. The minimum absolute atomic E-state index is 0.274. The van der Waals surface area contributed by atoms with Crippen LogP contribution in [0.1, 0.15) is 30.1 Å². The van der Waals surface area contributed by atoms with E-state index in [1.807, 2.05) is 36.4 Å². The van der Waals surface area contributed by atoms with Gasteiger partial charge in [0.2, 0.25) is 0 Å². The molecule has 4 rings (SSSR count). The van der Waals surface area contributed by atoms with Gasteiger partial charge in [-0.2, -0.15) is 0 Å². The number of likely N-dealkylation sites (tertiary alicyclic amines) is 1. The molecular weight excluding hydrogens is 473 g/mol. The summed E-state index contributed by atoms with van der Waals surface area (Å²) in [7, 11) is 0. The van der Waals surface area contributed by atoms with Gasteiger partial charge in [0.05, 0.1) is 16.6 Å². The monoisotopic (exact) mass is 493 g/mol. The number of nitrogens with zero attached hydrogens (tertiary/aromatic N) is 5. The van der Waals surface area contributed by atoms with Crippen molar-refractivity contribution in [3.63, 3.8) is 0 Å². The number of hydrogen-bond acceptors (Lipinski definition) is 5. The van der Waals surface area contributed by atoms with Crippen LogP contribution in [0.4, 0.5) is 4.79 Å². The molecular formula is C22H22Cl3N5O2. The number of aromatic nitrogens is 4. The van der Waals surface area contributed by atoms with Gasteiger partial charge < -0.3 is 9.64 Å². The molecule has 1 aliphatic rings. The molecule has 168 valence electrons. The van der Waals surface area contributed by atoms with Crippen molar-refractivity contribution >= 4 is 40.9 Å². The Morgan fingerprint density at radius 3 is 2.53 bits per heavy atom. The molecule has 0 saturated carbocycles. The molecule has 1 saturated heterocycles. The number of benzene rings is 2. The average molecular weight is 495 g/mol. The summed E-state index contributed by atoms with van der Waals surface area (Å²) in [6.07, 6.45) is 3.19. The van der Waals surface area contributed by atoms with Crippen molar-refractivity contribution in [2.45, 2.75) is 31.9 Å². The van der Waals surface area contributed by atoms with Gasteiger partial charge >= 0.3 is 6.09 Å². The topological polar surface area (TPSA) is 73.1 Å². The van der Waals surface area contributed by atoms with Crippen LogP contribution in [0.25, 0.3) is 0 Å². The lowest BCUT2D eigenvalue weighted by molar-refractivity contribution is 0.0437. The number of halogens is 3. The molecule has 2 heterocycles. The Morgan fingerprint density at radius 1 is 1.06 bits per heavy atom. The number of hydrogen-bond donors (Lipinski definition) is 0. The molecule has 2 aromatic carbocycles. The minimum Gasteiger partial charge on any atom is -0.439 e. The summed E-state index contributed by atoms with van der Waals surface area (Å²) in [6.45, 7) is 1.53. The van der Waals surface area contributed by atoms with Crippen molar-refractivity contribution in [2.75, 3.05) is 13.1 Å². The van der Waals surface area contributed by atoms with Crippen LogP contribution in [0, 0.1) is 5.92 Å². The van der Waals surface area contributed by atoms with Gasteiger partial charge in [-0.05, 0) is 59.4 Å². The van der Waals surface area contributed by atoms with E-state index in [9.17, 15) is 4.79 Å². The SMILES string of the molecule is O=C(OC(Cn1cnnn1)c1ccccc1Cl)N1CCC(Cc2ccc(Cl)c(Cl)c2)CC1. The van der Waals surface area contributed by atoms with Crippen molar-refractivity contribution < 1.29 is 9.53 Å². The molecule has 0 aliphatic carbocycles. The normalized spacial score (nSPS) is 15.5.